The van der Waals surface area contributed by atoms with Gasteiger partial charge in [-0.25, -0.2) is 5.43 Å². The van der Waals surface area contributed by atoms with Crippen LogP contribution in [0.15, 0.2) is 59.5 Å². The average molecular weight is 329 g/mol. The van der Waals surface area contributed by atoms with E-state index in [1.54, 1.807) is 6.20 Å². The molecule has 5 heteroatoms. The number of rotatable bonds is 3. The second-order valence-corrected chi connectivity index (χ2v) is 5.37. The van der Waals surface area contributed by atoms with Crippen molar-refractivity contribution < 1.29 is 0 Å². The Morgan fingerprint density at radius 1 is 1.05 bits per heavy atom. The third-order valence-electron chi connectivity index (χ3n) is 3.22. The van der Waals surface area contributed by atoms with Gasteiger partial charge in [0, 0.05) is 34.0 Å². The van der Waals surface area contributed by atoms with Crippen molar-refractivity contribution >= 4 is 26.7 Å². The van der Waals surface area contributed by atoms with E-state index in [1.165, 1.54) is 0 Å². The summed E-state index contributed by atoms with van der Waals surface area (Å²) in [7, 11) is 0. The molecule has 3 rings (SSSR count). The number of pyridine rings is 2. The molecule has 3 aromatic rings. The standard InChI is InChI=1S/C15H13BrN4/c16-11-5-6-14(19-8-11)15(20-17)13-9-18-7-10-3-1-2-4-12(10)13/h1-9,15,20H,17H2. The van der Waals surface area contributed by atoms with Crippen molar-refractivity contribution in [3.63, 3.8) is 0 Å². The Bertz CT molecular complexity index is 722. The van der Waals surface area contributed by atoms with Gasteiger partial charge < -0.3 is 0 Å². The summed E-state index contributed by atoms with van der Waals surface area (Å²) in [6, 6.07) is 11.8. The van der Waals surface area contributed by atoms with Gasteiger partial charge in [-0.2, -0.15) is 0 Å². The Kier molecular flexibility index (Phi) is 3.73. The molecule has 3 N–H and O–H groups in total. The molecule has 20 heavy (non-hydrogen) atoms. The first-order chi connectivity index (χ1) is 9.79. The van der Waals surface area contributed by atoms with E-state index in [-0.39, 0.29) is 6.04 Å². The zero-order chi connectivity index (χ0) is 13.9. The van der Waals surface area contributed by atoms with Gasteiger partial charge in [0.15, 0.2) is 0 Å². The molecule has 1 unspecified atom stereocenters. The molecule has 0 bridgehead atoms. The monoisotopic (exact) mass is 328 g/mol. The number of nitrogens with two attached hydrogens (primary N) is 1. The SMILES string of the molecule is NNC(c1ccc(Br)cn1)c1cncc2ccccc12. The molecule has 100 valence electrons. The molecule has 0 radical (unpaired) electrons. The molecule has 0 aliphatic heterocycles. The Balaban J connectivity index is 2.14. The summed E-state index contributed by atoms with van der Waals surface area (Å²) in [6.07, 6.45) is 5.44. The highest BCUT2D eigenvalue weighted by molar-refractivity contribution is 9.10. The minimum atomic E-state index is -0.193. The molecule has 1 aromatic carbocycles. The average Bonchev–Trinajstić information content (AvgIpc) is 2.50. The maximum Gasteiger partial charge on any atom is 0.0902 e. The van der Waals surface area contributed by atoms with Crippen molar-refractivity contribution in [2.75, 3.05) is 0 Å². The maximum absolute atomic E-state index is 5.74. The van der Waals surface area contributed by atoms with Crippen LogP contribution in [0.2, 0.25) is 0 Å². The van der Waals surface area contributed by atoms with Crippen LogP contribution in [0.1, 0.15) is 17.3 Å². The summed E-state index contributed by atoms with van der Waals surface area (Å²) >= 11 is 3.39. The van der Waals surface area contributed by atoms with Crippen molar-refractivity contribution in [3.8, 4) is 0 Å². The van der Waals surface area contributed by atoms with Crippen LogP contribution in [0.4, 0.5) is 0 Å². The first-order valence-corrected chi connectivity index (χ1v) is 6.99. The molecule has 2 heterocycles. The fraction of sp³-hybridized carbons (Fsp3) is 0.0667. The Hall–Kier alpha value is -1.82. The third kappa shape index (κ3) is 2.43. The fourth-order valence-corrected chi connectivity index (χ4v) is 2.50. The zero-order valence-corrected chi connectivity index (χ0v) is 12.2. The van der Waals surface area contributed by atoms with Gasteiger partial charge in [-0.15, -0.1) is 0 Å². The topological polar surface area (TPSA) is 63.8 Å². The van der Waals surface area contributed by atoms with Crippen molar-refractivity contribution in [2.24, 2.45) is 5.84 Å². The molecule has 0 fully saturated rings. The third-order valence-corrected chi connectivity index (χ3v) is 3.69. The highest BCUT2D eigenvalue weighted by Crippen LogP contribution is 2.27. The van der Waals surface area contributed by atoms with Crippen LogP contribution in [-0.2, 0) is 0 Å². The Morgan fingerprint density at radius 3 is 2.65 bits per heavy atom. The van der Waals surface area contributed by atoms with Crippen LogP contribution in [0, 0.1) is 0 Å². The predicted octanol–water partition coefficient (Wildman–Crippen LogP) is 2.95. The number of hydrogen-bond acceptors (Lipinski definition) is 4. The molecule has 0 aliphatic rings. The number of nitrogens with zero attached hydrogens (tertiary/aromatic N) is 2. The lowest BCUT2D eigenvalue weighted by Crippen LogP contribution is -2.29. The largest absolute Gasteiger partial charge is 0.271 e. The van der Waals surface area contributed by atoms with Crippen LogP contribution >= 0.6 is 15.9 Å². The van der Waals surface area contributed by atoms with Crippen LogP contribution < -0.4 is 11.3 Å². The van der Waals surface area contributed by atoms with Gasteiger partial charge in [0.05, 0.1) is 11.7 Å². The first kappa shape index (κ1) is 13.2. The molecule has 0 saturated carbocycles. The van der Waals surface area contributed by atoms with Gasteiger partial charge in [0.2, 0.25) is 0 Å². The lowest BCUT2D eigenvalue weighted by Gasteiger charge is -2.17. The van der Waals surface area contributed by atoms with Gasteiger partial charge in [-0.1, -0.05) is 24.3 Å². The van der Waals surface area contributed by atoms with Crippen LogP contribution in [-0.4, -0.2) is 9.97 Å². The first-order valence-electron chi connectivity index (χ1n) is 6.20. The summed E-state index contributed by atoms with van der Waals surface area (Å²) in [5.41, 5.74) is 4.70. The van der Waals surface area contributed by atoms with Gasteiger partial charge in [-0.05, 0) is 33.4 Å². The molecule has 0 spiro atoms. The van der Waals surface area contributed by atoms with E-state index in [9.17, 15) is 0 Å². The maximum atomic E-state index is 5.74. The summed E-state index contributed by atoms with van der Waals surface area (Å²) in [6.45, 7) is 0. The quantitative estimate of drug-likeness (QED) is 0.573. The lowest BCUT2D eigenvalue weighted by atomic mass is 9.99. The molecule has 1 atom stereocenters. The molecule has 0 amide bonds. The molecular formula is C15H13BrN4. The summed E-state index contributed by atoms with van der Waals surface area (Å²) < 4.78 is 0.938. The summed E-state index contributed by atoms with van der Waals surface area (Å²) in [4.78, 5) is 8.71. The number of aromatic nitrogens is 2. The van der Waals surface area contributed by atoms with Crippen LogP contribution in [0.3, 0.4) is 0 Å². The van der Waals surface area contributed by atoms with E-state index in [0.29, 0.717) is 0 Å². The second kappa shape index (κ2) is 5.66. The van der Waals surface area contributed by atoms with E-state index >= 15 is 0 Å². The number of fused-ring (bicyclic) bond motifs is 1. The lowest BCUT2D eigenvalue weighted by molar-refractivity contribution is 0.622. The van der Waals surface area contributed by atoms with Crippen LogP contribution in [0.5, 0.6) is 0 Å². The zero-order valence-electron chi connectivity index (χ0n) is 10.6. The molecule has 0 aliphatic carbocycles. The van der Waals surface area contributed by atoms with Gasteiger partial charge in [0.25, 0.3) is 0 Å². The van der Waals surface area contributed by atoms with Crippen LogP contribution in [0.25, 0.3) is 10.8 Å². The van der Waals surface area contributed by atoms with Gasteiger partial charge >= 0.3 is 0 Å². The molecule has 2 aromatic heterocycles. The molecule has 0 saturated heterocycles. The number of benzene rings is 1. The van der Waals surface area contributed by atoms with E-state index in [2.05, 4.69) is 37.4 Å². The Morgan fingerprint density at radius 2 is 1.90 bits per heavy atom. The number of hydrazine groups is 1. The van der Waals surface area contributed by atoms with E-state index in [0.717, 1.165) is 26.5 Å². The van der Waals surface area contributed by atoms with Crippen molar-refractivity contribution in [2.45, 2.75) is 6.04 Å². The normalized spacial score (nSPS) is 12.5. The highest BCUT2D eigenvalue weighted by atomic mass is 79.9. The number of halogens is 1. The van der Waals surface area contributed by atoms with E-state index < -0.39 is 0 Å². The van der Waals surface area contributed by atoms with E-state index in [4.69, 9.17) is 5.84 Å². The van der Waals surface area contributed by atoms with Crippen molar-refractivity contribution in [1.29, 1.82) is 0 Å². The highest BCUT2D eigenvalue weighted by Gasteiger charge is 2.16. The summed E-state index contributed by atoms with van der Waals surface area (Å²) in [5, 5.41) is 2.21. The number of nitrogens with one attached hydrogen (secondary N) is 1. The molecule has 4 nitrogen and oxygen atoms in total. The minimum absolute atomic E-state index is 0.193. The molecular weight excluding hydrogens is 316 g/mol. The minimum Gasteiger partial charge on any atom is -0.271 e. The van der Waals surface area contributed by atoms with Gasteiger partial charge in [0.1, 0.15) is 0 Å². The second-order valence-electron chi connectivity index (χ2n) is 4.45. The smallest absolute Gasteiger partial charge is 0.0902 e. The Labute approximate surface area is 125 Å². The predicted molar refractivity (Wildman–Crippen MR) is 82.8 cm³/mol. The van der Waals surface area contributed by atoms with Gasteiger partial charge in [-0.3, -0.25) is 15.8 Å². The number of hydrogen-bond donors (Lipinski definition) is 2. The van der Waals surface area contributed by atoms with E-state index in [1.807, 2.05) is 42.7 Å². The fourth-order valence-electron chi connectivity index (χ4n) is 2.26. The van der Waals surface area contributed by atoms with Crippen molar-refractivity contribution in [1.82, 2.24) is 15.4 Å². The summed E-state index contributed by atoms with van der Waals surface area (Å²) in [5.74, 6) is 5.74. The van der Waals surface area contributed by atoms with Crippen molar-refractivity contribution in [3.05, 3.63) is 70.7 Å².